The van der Waals surface area contributed by atoms with Crippen molar-refractivity contribution in [3.63, 3.8) is 0 Å². The lowest BCUT2D eigenvalue weighted by molar-refractivity contribution is -0.137. The molecular weight excluding hydrogens is 296 g/mol. The predicted octanol–water partition coefficient (Wildman–Crippen LogP) is 2.62. The lowest BCUT2D eigenvalue weighted by Gasteiger charge is -2.27. The number of hydrogen-bond donors (Lipinski definition) is 2. The fourth-order valence-corrected chi connectivity index (χ4v) is 2.87. The highest BCUT2D eigenvalue weighted by Gasteiger charge is 2.21. The van der Waals surface area contributed by atoms with E-state index in [1.165, 1.54) is 11.3 Å². The fraction of sp³-hybridized carbons (Fsp3) is 0.529. The molecule has 126 valence electrons. The van der Waals surface area contributed by atoms with Crippen LogP contribution in [-0.2, 0) is 11.3 Å². The second-order valence-electron chi connectivity index (χ2n) is 5.89. The summed E-state index contributed by atoms with van der Waals surface area (Å²) in [5, 5.41) is 12.0. The lowest BCUT2D eigenvalue weighted by atomic mass is 9.96. The highest BCUT2D eigenvalue weighted by atomic mass is 16.5. The number of carboxylic acids is 1. The first-order valence-corrected chi connectivity index (χ1v) is 7.98. The van der Waals surface area contributed by atoms with E-state index in [-0.39, 0.29) is 25.2 Å². The Morgan fingerprint density at radius 2 is 2.04 bits per heavy atom. The summed E-state index contributed by atoms with van der Waals surface area (Å²) in [7, 11) is 1.57. The Morgan fingerprint density at radius 1 is 1.30 bits per heavy atom. The minimum Gasteiger partial charge on any atom is -0.497 e. The maximum absolute atomic E-state index is 12.4. The number of carboxylic acid groups (broad SMARTS) is 1. The van der Waals surface area contributed by atoms with Crippen LogP contribution in [0.25, 0.3) is 0 Å². The Balaban J connectivity index is 2.02. The number of hydrogen-bond acceptors (Lipinski definition) is 3. The quantitative estimate of drug-likeness (QED) is 0.844. The third-order valence-electron chi connectivity index (χ3n) is 4.05. The van der Waals surface area contributed by atoms with E-state index in [2.05, 4.69) is 5.32 Å². The molecule has 1 aliphatic carbocycles. The Bertz CT molecular complexity index is 541. The molecule has 23 heavy (non-hydrogen) atoms. The molecule has 1 aromatic carbocycles. The maximum atomic E-state index is 12.4. The zero-order valence-corrected chi connectivity index (χ0v) is 13.5. The number of amides is 2. The molecule has 0 heterocycles. The SMILES string of the molecule is COc1cccc(CN(CC(=O)O)C(=O)NC2CCCCC2)c1. The van der Waals surface area contributed by atoms with Gasteiger partial charge in [-0.15, -0.1) is 0 Å². The van der Waals surface area contributed by atoms with Gasteiger partial charge in [0.05, 0.1) is 7.11 Å². The van der Waals surface area contributed by atoms with Gasteiger partial charge in [0.2, 0.25) is 0 Å². The molecule has 2 rings (SSSR count). The summed E-state index contributed by atoms with van der Waals surface area (Å²) in [6.07, 6.45) is 5.35. The molecule has 0 aromatic heterocycles. The molecule has 1 aromatic rings. The third-order valence-corrected chi connectivity index (χ3v) is 4.05. The highest BCUT2D eigenvalue weighted by molar-refractivity contribution is 5.80. The van der Waals surface area contributed by atoms with Crippen molar-refractivity contribution in [2.24, 2.45) is 0 Å². The molecule has 0 spiro atoms. The van der Waals surface area contributed by atoms with Crippen molar-refractivity contribution in [2.45, 2.75) is 44.7 Å². The van der Waals surface area contributed by atoms with Crippen LogP contribution in [0.5, 0.6) is 5.75 Å². The zero-order valence-electron chi connectivity index (χ0n) is 13.5. The number of aliphatic carboxylic acids is 1. The molecule has 6 heteroatoms. The van der Waals surface area contributed by atoms with Crippen molar-refractivity contribution < 1.29 is 19.4 Å². The molecule has 0 aliphatic heterocycles. The van der Waals surface area contributed by atoms with Crippen LogP contribution in [0.15, 0.2) is 24.3 Å². The van der Waals surface area contributed by atoms with Crippen molar-refractivity contribution >= 4 is 12.0 Å². The van der Waals surface area contributed by atoms with Crippen LogP contribution in [0.4, 0.5) is 4.79 Å². The van der Waals surface area contributed by atoms with E-state index < -0.39 is 5.97 Å². The van der Waals surface area contributed by atoms with E-state index in [0.717, 1.165) is 31.2 Å². The van der Waals surface area contributed by atoms with Crippen LogP contribution in [0.1, 0.15) is 37.7 Å². The van der Waals surface area contributed by atoms with E-state index in [1.54, 1.807) is 7.11 Å². The van der Waals surface area contributed by atoms with Crippen LogP contribution >= 0.6 is 0 Å². The number of nitrogens with one attached hydrogen (secondary N) is 1. The number of urea groups is 1. The van der Waals surface area contributed by atoms with Gasteiger partial charge < -0.3 is 20.1 Å². The van der Waals surface area contributed by atoms with E-state index in [9.17, 15) is 9.59 Å². The largest absolute Gasteiger partial charge is 0.497 e. The molecule has 0 radical (unpaired) electrons. The molecule has 0 atom stereocenters. The first kappa shape index (κ1) is 17.1. The van der Waals surface area contributed by atoms with Crippen LogP contribution in [0.2, 0.25) is 0 Å². The molecule has 0 bridgehead atoms. The number of benzene rings is 1. The number of nitrogens with zero attached hydrogens (tertiary/aromatic N) is 1. The van der Waals surface area contributed by atoms with Gasteiger partial charge in [-0.2, -0.15) is 0 Å². The second kappa shape index (κ2) is 8.41. The highest BCUT2D eigenvalue weighted by Crippen LogP contribution is 2.18. The van der Waals surface area contributed by atoms with Crippen LogP contribution in [0, 0.1) is 0 Å². The molecule has 1 aliphatic rings. The van der Waals surface area contributed by atoms with E-state index in [1.807, 2.05) is 24.3 Å². The first-order valence-electron chi connectivity index (χ1n) is 7.98. The average molecular weight is 320 g/mol. The summed E-state index contributed by atoms with van der Waals surface area (Å²) >= 11 is 0. The Hall–Kier alpha value is -2.24. The molecule has 2 N–H and O–H groups in total. The smallest absolute Gasteiger partial charge is 0.323 e. The second-order valence-corrected chi connectivity index (χ2v) is 5.89. The number of methoxy groups -OCH3 is 1. The van der Waals surface area contributed by atoms with E-state index >= 15 is 0 Å². The summed E-state index contributed by atoms with van der Waals surface area (Å²) in [4.78, 5) is 24.8. The van der Waals surface area contributed by atoms with Gasteiger partial charge in [-0.3, -0.25) is 4.79 Å². The summed E-state index contributed by atoms with van der Waals surface area (Å²) in [5.41, 5.74) is 0.837. The summed E-state index contributed by atoms with van der Waals surface area (Å²) in [5.74, 6) is -0.336. The summed E-state index contributed by atoms with van der Waals surface area (Å²) in [6, 6.07) is 7.13. The van der Waals surface area contributed by atoms with Crippen molar-refractivity contribution in [3.05, 3.63) is 29.8 Å². The number of ether oxygens (including phenoxy) is 1. The average Bonchev–Trinajstić information content (AvgIpc) is 2.55. The number of carbonyl (C=O) groups is 2. The van der Waals surface area contributed by atoms with Gasteiger partial charge in [-0.1, -0.05) is 31.4 Å². The summed E-state index contributed by atoms with van der Waals surface area (Å²) < 4.78 is 5.16. The van der Waals surface area contributed by atoms with Crippen molar-refractivity contribution in [1.82, 2.24) is 10.2 Å². The molecule has 1 saturated carbocycles. The van der Waals surface area contributed by atoms with Crippen LogP contribution in [0.3, 0.4) is 0 Å². The van der Waals surface area contributed by atoms with E-state index in [0.29, 0.717) is 5.75 Å². The monoisotopic (exact) mass is 320 g/mol. The van der Waals surface area contributed by atoms with Gasteiger partial charge in [0, 0.05) is 12.6 Å². The Morgan fingerprint density at radius 3 is 2.70 bits per heavy atom. The van der Waals surface area contributed by atoms with Crippen molar-refractivity contribution in [3.8, 4) is 5.75 Å². The van der Waals surface area contributed by atoms with Gasteiger partial charge >= 0.3 is 12.0 Å². The zero-order chi connectivity index (χ0) is 16.7. The van der Waals surface area contributed by atoms with Gasteiger partial charge in [0.25, 0.3) is 0 Å². The molecular formula is C17H24N2O4. The predicted molar refractivity (Wildman–Crippen MR) is 86.4 cm³/mol. The third kappa shape index (κ3) is 5.47. The Kier molecular flexibility index (Phi) is 6.26. The molecule has 0 saturated heterocycles. The summed E-state index contributed by atoms with van der Waals surface area (Å²) in [6.45, 7) is -0.0855. The van der Waals surface area contributed by atoms with Crippen molar-refractivity contribution in [1.29, 1.82) is 0 Å². The van der Waals surface area contributed by atoms with Crippen molar-refractivity contribution in [2.75, 3.05) is 13.7 Å². The molecule has 6 nitrogen and oxygen atoms in total. The van der Waals surface area contributed by atoms with Gasteiger partial charge in [-0.05, 0) is 30.5 Å². The number of rotatable bonds is 6. The standard InChI is InChI=1S/C17H24N2O4/c1-23-15-9-5-6-13(10-15)11-19(12-16(20)21)17(22)18-14-7-3-2-4-8-14/h5-6,9-10,14H,2-4,7-8,11-12H2,1H3,(H,18,22)(H,20,21). The molecule has 1 fully saturated rings. The minimum atomic E-state index is -1.02. The van der Waals surface area contributed by atoms with Crippen LogP contribution in [-0.4, -0.2) is 41.7 Å². The minimum absolute atomic E-state index is 0.151. The maximum Gasteiger partial charge on any atom is 0.323 e. The number of carbonyl (C=O) groups excluding carboxylic acids is 1. The first-order chi connectivity index (χ1) is 11.1. The molecule has 0 unspecified atom stereocenters. The fourth-order valence-electron chi connectivity index (χ4n) is 2.87. The normalized spacial score (nSPS) is 15.0. The van der Waals surface area contributed by atoms with Gasteiger partial charge in [0.15, 0.2) is 0 Å². The van der Waals surface area contributed by atoms with Gasteiger partial charge in [-0.25, -0.2) is 4.79 Å². The lowest BCUT2D eigenvalue weighted by Crippen LogP contribution is -2.46. The topological polar surface area (TPSA) is 78.9 Å². The van der Waals surface area contributed by atoms with Crippen LogP contribution < -0.4 is 10.1 Å². The van der Waals surface area contributed by atoms with E-state index in [4.69, 9.17) is 9.84 Å². The molecule has 2 amide bonds. The Labute approximate surface area is 136 Å². The van der Waals surface area contributed by atoms with Gasteiger partial charge in [0.1, 0.15) is 12.3 Å².